The van der Waals surface area contributed by atoms with Crippen LogP contribution in [0, 0.1) is 5.92 Å². The molecule has 1 N–H and O–H groups in total. The molecule has 1 heterocycles. The third-order valence-electron chi connectivity index (χ3n) is 3.42. The molecule has 1 saturated heterocycles. The molecular formula is C15H19BrN2O2. The lowest BCUT2D eigenvalue weighted by Gasteiger charge is -2.31. The van der Waals surface area contributed by atoms with Gasteiger partial charge in [0.05, 0.1) is 5.92 Å². The van der Waals surface area contributed by atoms with Crippen molar-refractivity contribution in [1.82, 2.24) is 4.90 Å². The first-order valence-corrected chi connectivity index (χ1v) is 7.43. The highest BCUT2D eigenvalue weighted by Gasteiger charge is 2.39. The molecule has 2 amide bonds. The van der Waals surface area contributed by atoms with Crippen LogP contribution in [0.2, 0.25) is 0 Å². The largest absolute Gasteiger partial charge is 0.337 e. The molecule has 0 saturated carbocycles. The van der Waals surface area contributed by atoms with Gasteiger partial charge in [-0.05, 0) is 45.0 Å². The fourth-order valence-electron chi connectivity index (χ4n) is 2.31. The van der Waals surface area contributed by atoms with Gasteiger partial charge in [0, 0.05) is 28.7 Å². The lowest BCUT2D eigenvalue weighted by molar-refractivity contribution is -0.131. The number of hydrogen-bond donors (Lipinski definition) is 1. The Morgan fingerprint density at radius 3 is 2.40 bits per heavy atom. The van der Waals surface area contributed by atoms with E-state index in [1.54, 1.807) is 4.90 Å². The zero-order chi connectivity index (χ0) is 14.9. The van der Waals surface area contributed by atoms with Gasteiger partial charge >= 0.3 is 0 Å². The molecule has 1 aromatic rings. The summed E-state index contributed by atoms with van der Waals surface area (Å²) in [6, 6.07) is 7.41. The van der Waals surface area contributed by atoms with Crippen molar-refractivity contribution in [3.05, 3.63) is 28.7 Å². The van der Waals surface area contributed by atoms with Gasteiger partial charge in [-0.3, -0.25) is 9.59 Å². The van der Waals surface area contributed by atoms with Gasteiger partial charge in [-0.2, -0.15) is 0 Å². The van der Waals surface area contributed by atoms with Crippen LogP contribution in [0.5, 0.6) is 0 Å². The Kier molecular flexibility index (Phi) is 4.18. The van der Waals surface area contributed by atoms with Gasteiger partial charge in [0.15, 0.2) is 0 Å². The first-order chi connectivity index (χ1) is 9.27. The highest BCUT2D eigenvalue weighted by atomic mass is 79.9. The van der Waals surface area contributed by atoms with Crippen LogP contribution in [0.25, 0.3) is 0 Å². The maximum atomic E-state index is 12.2. The Balaban J connectivity index is 2.01. The van der Waals surface area contributed by atoms with E-state index in [-0.39, 0.29) is 23.3 Å². The number of nitrogens with zero attached hydrogens (tertiary/aromatic N) is 1. The van der Waals surface area contributed by atoms with E-state index >= 15 is 0 Å². The summed E-state index contributed by atoms with van der Waals surface area (Å²) < 4.78 is 0.963. The molecule has 5 heteroatoms. The standard InChI is InChI=1S/C15H19BrN2O2/c1-15(2,3)18-9-10(8-13(18)19)14(20)17-12-6-4-11(16)5-7-12/h4-7,10H,8-9H2,1-3H3,(H,17,20). The van der Waals surface area contributed by atoms with Crippen molar-refractivity contribution >= 4 is 33.4 Å². The van der Waals surface area contributed by atoms with Crippen molar-refractivity contribution in [3.8, 4) is 0 Å². The van der Waals surface area contributed by atoms with Gasteiger partial charge in [-0.1, -0.05) is 15.9 Å². The van der Waals surface area contributed by atoms with Crippen molar-refractivity contribution in [3.63, 3.8) is 0 Å². The molecule has 108 valence electrons. The van der Waals surface area contributed by atoms with Crippen LogP contribution in [0.1, 0.15) is 27.2 Å². The van der Waals surface area contributed by atoms with Gasteiger partial charge < -0.3 is 10.2 Å². The molecule has 0 spiro atoms. The van der Waals surface area contributed by atoms with E-state index in [9.17, 15) is 9.59 Å². The molecule has 1 aromatic carbocycles. The molecular weight excluding hydrogens is 320 g/mol. The number of carbonyl (C=O) groups is 2. The van der Waals surface area contributed by atoms with Crippen molar-refractivity contribution < 1.29 is 9.59 Å². The molecule has 2 rings (SSSR count). The molecule has 4 nitrogen and oxygen atoms in total. The normalized spacial score (nSPS) is 19.3. The molecule has 1 aliphatic heterocycles. The van der Waals surface area contributed by atoms with E-state index in [4.69, 9.17) is 0 Å². The van der Waals surface area contributed by atoms with Gasteiger partial charge in [-0.15, -0.1) is 0 Å². The second-order valence-corrected chi connectivity index (χ2v) is 6.99. The van der Waals surface area contributed by atoms with Crippen molar-refractivity contribution in [2.75, 3.05) is 11.9 Å². The third-order valence-corrected chi connectivity index (χ3v) is 3.95. The Morgan fingerprint density at radius 2 is 1.90 bits per heavy atom. The number of rotatable bonds is 2. The van der Waals surface area contributed by atoms with Crippen LogP contribution in [-0.2, 0) is 9.59 Å². The van der Waals surface area contributed by atoms with E-state index < -0.39 is 0 Å². The quantitative estimate of drug-likeness (QED) is 0.900. The Bertz CT molecular complexity index is 520. The summed E-state index contributed by atoms with van der Waals surface area (Å²) >= 11 is 3.35. The smallest absolute Gasteiger partial charge is 0.229 e. The van der Waals surface area contributed by atoms with Crippen LogP contribution in [0.15, 0.2) is 28.7 Å². The average Bonchev–Trinajstić information content (AvgIpc) is 2.74. The van der Waals surface area contributed by atoms with Crippen LogP contribution >= 0.6 is 15.9 Å². The minimum Gasteiger partial charge on any atom is -0.337 e. The Labute approximate surface area is 127 Å². The van der Waals surface area contributed by atoms with E-state index in [0.717, 1.165) is 10.2 Å². The van der Waals surface area contributed by atoms with Crippen molar-refractivity contribution in [2.45, 2.75) is 32.7 Å². The van der Waals surface area contributed by atoms with E-state index in [1.807, 2.05) is 45.0 Å². The highest BCUT2D eigenvalue weighted by Crippen LogP contribution is 2.26. The van der Waals surface area contributed by atoms with Crippen molar-refractivity contribution in [1.29, 1.82) is 0 Å². The Morgan fingerprint density at radius 1 is 1.30 bits per heavy atom. The van der Waals surface area contributed by atoms with E-state index in [1.165, 1.54) is 0 Å². The summed E-state index contributed by atoms with van der Waals surface area (Å²) in [6.45, 7) is 6.45. The van der Waals surface area contributed by atoms with Gasteiger partial charge in [0.2, 0.25) is 11.8 Å². The number of benzene rings is 1. The minimum absolute atomic E-state index is 0.0495. The molecule has 0 aromatic heterocycles. The number of halogens is 1. The van der Waals surface area contributed by atoms with Gasteiger partial charge in [-0.25, -0.2) is 0 Å². The van der Waals surface area contributed by atoms with Gasteiger partial charge in [0.25, 0.3) is 0 Å². The predicted molar refractivity (Wildman–Crippen MR) is 82.3 cm³/mol. The lowest BCUT2D eigenvalue weighted by Crippen LogP contribution is -2.42. The van der Waals surface area contributed by atoms with Gasteiger partial charge in [0.1, 0.15) is 0 Å². The number of carbonyl (C=O) groups excluding carboxylic acids is 2. The average molecular weight is 339 g/mol. The first-order valence-electron chi connectivity index (χ1n) is 6.64. The molecule has 1 aliphatic rings. The molecule has 1 fully saturated rings. The van der Waals surface area contributed by atoms with Crippen molar-refractivity contribution in [2.24, 2.45) is 5.92 Å². The summed E-state index contributed by atoms with van der Waals surface area (Å²) in [7, 11) is 0. The molecule has 0 radical (unpaired) electrons. The zero-order valence-electron chi connectivity index (χ0n) is 11.9. The Hall–Kier alpha value is -1.36. The molecule has 1 unspecified atom stereocenters. The SMILES string of the molecule is CC(C)(C)N1CC(C(=O)Nc2ccc(Br)cc2)CC1=O. The third kappa shape index (κ3) is 3.39. The lowest BCUT2D eigenvalue weighted by atomic mass is 10.1. The van der Waals surface area contributed by atoms with Crippen LogP contribution in [0.4, 0.5) is 5.69 Å². The maximum absolute atomic E-state index is 12.2. The monoisotopic (exact) mass is 338 g/mol. The summed E-state index contributed by atoms with van der Waals surface area (Å²) in [6.07, 6.45) is 0.291. The number of likely N-dealkylation sites (tertiary alicyclic amines) is 1. The molecule has 0 bridgehead atoms. The maximum Gasteiger partial charge on any atom is 0.229 e. The summed E-state index contributed by atoms with van der Waals surface area (Å²) in [5.74, 6) is -0.314. The highest BCUT2D eigenvalue weighted by molar-refractivity contribution is 9.10. The first kappa shape index (κ1) is 15.0. The fraction of sp³-hybridized carbons (Fsp3) is 0.467. The summed E-state index contributed by atoms with van der Waals surface area (Å²) in [4.78, 5) is 26.0. The second kappa shape index (κ2) is 5.56. The van der Waals surface area contributed by atoms with Crippen LogP contribution in [0.3, 0.4) is 0 Å². The molecule has 20 heavy (non-hydrogen) atoms. The van der Waals surface area contributed by atoms with E-state index in [2.05, 4.69) is 21.2 Å². The number of nitrogens with one attached hydrogen (secondary N) is 1. The fourth-order valence-corrected chi connectivity index (χ4v) is 2.57. The second-order valence-electron chi connectivity index (χ2n) is 6.07. The number of anilines is 1. The molecule has 0 aliphatic carbocycles. The number of hydrogen-bond acceptors (Lipinski definition) is 2. The predicted octanol–water partition coefficient (Wildman–Crippen LogP) is 3.03. The van der Waals surface area contributed by atoms with Crippen LogP contribution in [-0.4, -0.2) is 28.8 Å². The number of amides is 2. The van der Waals surface area contributed by atoms with E-state index in [0.29, 0.717) is 13.0 Å². The zero-order valence-corrected chi connectivity index (χ0v) is 13.5. The molecule has 1 atom stereocenters. The topological polar surface area (TPSA) is 49.4 Å². The summed E-state index contributed by atoms with van der Waals surface area (Å²) in [5.41, 5.74) is 0.517. The minimum atomic E-state index is -0.273. The summed E-state index contributed by atoms with van der Waals surface area (Å²) in [5, 5.41) is 2.86. The van der Waals surface area contributed by atoms with Crippen LogP contribution < -0.4 is 5.32 Å².